The summed E-state index contributed by atoms with van der Waals surface area (Å²) in [5, 5.41) is 3.38. The van der Waals surface area contributed by atoms with Crippen molar-refractivity contribution in [3.8, 4) is 5.75 Å². The second kappa shape index (κ2) is 5.69. The van der Waals surface area contributed by atoms with Gasteiger partial charge in [-0.2, -0.15) is 0 Å². The minimum absolute atomic E-state index is 0.309. The second-order valence-corrected chi connectivity index (χ2v) is 5.28. The molecule has 88 valence electrons. The number of halogens is 1. The fourth-order valence-corrected chi connectivity index (χ4v) is 2.40. The molecule has 0 bridgehead atoms. The Bertz CT molecular complexity index is 319. The average Bonchev–Trinajstić information content (AvgIpc) is 2.33. The molecule has 2 rings (SSSR count). The number of ether oxygens (including phenoxy) is 1. The Morgan fingerprint density at radius 3 is 2.50 bits per heavy atom. The van der Waals surface area contributed by atoms with Gasteiger partial charge in [-0.3, -0.25) is 0 Å². The van der Waals surface area contributed by atoms with E-state index >= 15 is 0 Å². The molecule has 1 fully saturated rings. The molecular weight excluding hydrogens is 266 g/mol. The summed E-state index contributed by atoms with van der Waals surface area (Å²) >= 11 is 3.42. The monoisotopic (exact) mass is 283 g/mol. The van der Waals surface area contributed by atoms with Crippen LogP contribution < -0.4 is 10.1 Å². The van der Waals surface area contributed by atoms with Crippen LogP contribution in [-0.4, -0.2) is 19.2 Å². The predicted molar refractivity (Wildman–Crippen MR) is 69.8 cm³/mol. The lowest BCUT2D eigenvalue weighted by Crippen LogP contribution is -2.35. The summed E-state index contributed by atoms with van der Waals surface area (Å²) in [5.41, 5.74) is 0. The summed E-state index contributed by atoms with van der Waals surface area (Å²) < 4.78 is 7.05. The van der Waals surface area contributed by atoms with Gasteiger partial charge in [-0.15, -0.1) is 0 Å². The highest BCUT2D eigenvalue weighted by Gasteiger charge is 2.20. The lowest BCUT2D eigenvalue weighted by Gasteiger charge is -2.28. The first-order valence-corrected chi connectivity index (χ1v) is 6.68. The van der Waals surface area contributed by atoms with Gasteiger partial charge in [0.15, 0.2) is 0 Å². The Morgan fingerprint density at radius 2 is 1.88 bits per heavy atom. The van der Waals surface area contributed by atoms with Crippen molar-refractivity contribution >= 4 is 15.9 Å². The van der Waals surface area contributed by atoms with Crippen LogP contribution in [0.15, 0.2) is 28.7 Å². The third kappa shape index (κ3) is 3.22. The van der Waals surface area contributed by atoms with Crippen LogP contribution in [0.3, 0.4) is 0 Å². The molecule has 3 heteroatoms. The van der Waals surface area contributed by atoms with Crippen LogP contribution in [0.4, 0.5) is 0 Å². The normalized spacial score (nSPS) is 19.4. The van der Waals surface area contributed by atoms with Crippen molar-refractivity contribution in [1.29, 1.82) is 0 Å². The predicted octanol–water partition coefficient (Wildman–Crippen LogP) is 3.22. The lowest BCUT2D eigenvalue weighted by atomic mass is 9.93. The second-order valence-electron chi connectivity index (χ2n) is 4.36. The molecule has 1 unspecified atom stereocenters. The smallest absolute Gasteiger partial charge is 0.119 e. The first kappa shape index (κ1) is 11.9. The molecule has 1 saturated heterocycles. The molecule has 1 heterocycles. The number of hydrogen-bond donors (Lipinski definition) is 1. The van der Waals surface area contributed by atoms with Crippen molar-refractivity contribution in [1.82, 2.24) is 5.32 Å². The topological polar surface area (TPSA) is 21.3 Å². The molecular formula is C13H18BrNO. The van der Waals surface area contributed by atoms with Crippen molar-refractivity contribution in [2.45, 2.75) is 25.9 Å². The number of rotatable bonds is 3. The van der Waals surface area contributed by atoms with Crippen molar-refractivity contribution in [2.24, 2.45) is 5.92 Å². The fourth-order valence-electron chi connectivity index (χ4n) is 2.14. The number of nitrogens with one attached hydrogen (secondary N) is 1. The van der Waals surface area contributed by atoms with Crippen LogP contribution in [0.2, 0.25) is 0 Å². The van der Waals surface area contributed by atoms with E-state index in [0.717, 1.165) is 23.3 Å². The maximum atomic E-state index is 5.96. The van der Waals surface area contributed by atoms with E-state index in [4.69, 9.17) is 4.74 Å². The van der Waals surface area contributed by atoms with Crippen molar-refractivity contribution in [2.75, 3.05) is 13.1 Å². The highest BCUT2D eigenvalue weighted by Crippen LogP contribution is 2.23. The third-order valence-electron chi connectivity index (χ3n) is 3.18. The zero-order valence-corrected chi connectivity index (χ0v) is 11.2. The summed E-state index contributed by atoms with van der Waals surface area (Å²) in [4.78, 5) is 0. The van der Waals surface area contributed by atoms with E-state index in [9.17, 15) is 0 Å². The quantitative estimate of drug-likeness (QED) is 0.920. The summed E-state index contributed by atoms with van der Waals surface area (Å²) in [6.07, 6.45) is 2.75. The van der Waals surface area contributed by atoms with Gasteiger partial charge in [0.25, 0.3) is 0 Å². The van der Waals surface area contributed by atoms with E-state index in [2.05, 4.69) is 28.2 Å². The van der Waals surface area contributed by atoms with E-state index in [1.807, 2.05) is 24.3 Å². The Labute approximate surface area is 106 Å². The van der Waals surface area contributed by atoms with Crippen LogP contribution >= 0.6 is 15.9 Å². The first-order chi connectivity index (χ1) is 7.75. The van der Waals surface area contributed by atoms with Gasteiger partial charge in [-0.1, -0.05) is 15.9 Å². The molecule has 0 aromatic heterocycles. The molecule has 0 spiro atoms. The zero-order valence-electron chi connectivity index (χ0n) is 9.58. The van der Waals surface area contributed by atoms with Crippen LogP contribution in [0, 0.1) is 5.92 Å². The van der Waals surface area contributed by atoms with Crippen LogP contribution in [0.1, 0.15) is 19.8 Å². The van der Waals surface area contributed by atoms with Crippen LogP contribution in [-0.2, 0) is 0 Å². The Hall–Kier alpha value is -0.540. The Balaban J connectivity index is 1.90. The molecule has 0 amide bonds. The SMILES string of the molecule is CC(Oc1ccc(Br)cc1)C1CCNCC1. The minimum Gasteiger partial charge on any atom is -0.490 e. The molecule has 0 aliphatic carbocycles. The molecule has 1 N–H and O–H groups in total. The molecule has 1 atom stereocenters. The molecule has 2 nitrogen and oxygen atoms in total. The largest absolute Gasteiger partial charge is 0.490 e. The third-order valence-corrected chi connectivity index (χ3v) is 3.71. The maximum Gasteiger partial charge on any atom is 0.119 e. The maximum absolute atomic E-state index is 5.96. The van der Waals surface area contributed by atoms with Crippen molar-refractivity contribution in [3.05, 3.63) is 28.7 Å². The summed E-state index contributed by atoms with van der Waals surface area (Å²) in [6.45, 7) is 4.43. The van der Waals surface area contributed by atoms with Gasteiger partial charge in [-0.05, 0) is 63.0 Å². The highest BCUT2D eigenvalue weighted by atomic mass is 79.9. The van der Waals surface area contributed by atoms with E-state index in [-0.39, 0.29) is 0 Å². The minimum atomic E-state index is 0.309. The Kier molecular flexibility index (Phi) is 4.24. The molecule has 16 heavy (non-hydrogen) atoms. The zero-order chi connectivity index (χ0) is 11.4. The average molecular weight is 284 g/mol. The van der Waals surface area contributed by atoms with Gasteiger partial charge < -0.3 is 10.1 Å². The summed E-state index contributed by atoms with van der Waals surface area (Å²) in [5.74, 6) is 1.65. The van der Waals surface area contributed by atoms with Crippen LogP contribution in [0.5, 0.6) is 5.75 Å². The number of piperidine rings is 1. The Morgan fingerprint density at radius 1 is 1.25 bits per heavy atom. The molecule has 1 aliphatic rings. The van der Waals surface area contributed by atoms with E-state index in [0.29, 0.717) is 12.0 Å². The van der Waals surface area contributed by atoms with E-state index in [1.54, 1.807) is 0 Å². The van der Waals surface area contributed by atoms with E-state index in [1.165, 1.54) is 12.8 Å². The highest BCUT2D eigenvalue weighted by molar-refractivity contribution is 9.10. The van der Waals surface area contributed by atoms with Gasteiger partial charge in [0.05, 0.1) is 6.10 Å². The van der Waals surface area contributed by atoms with Crippen LogP contribution in [0.25, 0.3) is 0 Å². The van der Waals surface area contributed by atoms with Crippen molar-refractivity contribution < 1.29 is 4.74 Å². The summed E-state index contributed by atoms with van der Waals surface area (Å²) in [7, 11) is 0. The van der Waals surface area contributed by atoms with Gasteiger partial charge in [0.2, 0.25) is 0 Å². The van der Waals surface area contributed by atoms with E-state index < -0.39 is 0 Å². The molecule has 1 aromatic rings. The molecule has 1 aliphatic heterocycles. The summed E-state index contributed by atoms with van der Waals surface area (Å²) in [6, 6.07) is 8.07. The molecule has 0 saturated carbocycles. The fraction of sp³-hybridized carbons (Fsp3) is 0.538. The lowest BCUT2D eigenvalue weighted by molar-refractivity contribution is 0.128. The first-order valence-electron chi connectivity index (χ1n) is 5.88. The number of hydrogen-bond acceptors (Lipinski definition) is 2. The molecule has 0 radical (unpaired) electrons. The van der Waals surface area contributed by atoms with Gasteiger partial charge in [0.1, 0.15) is 5.75 Å². The standard InChI is InChI=1S/C13H18BrNO/c1-10(11-6-8-15-9-7-11)16-13-4-2-12(14)3-5-13/h2-5,10-11,15H,6-9H2,1H3. The number of benzene rings is 1. The van der Waals surface area contributed by atoms with Gasteiger partial charge in [-0.25, -0.2) is 0 Å². The van der Waals surface area contributed by atoms with Gasteiger partial charge >= 0.3 is 0 Å². The molecule has 1 aromatic carbocycles. The van der Waals surface area contributed by atoms with Gasteiger partial charge in [0, 0.05) is 4.47 Å². The van der Waals surface area contributed by atoms with Crippen molar-refractivity contribution in [3.63, 3.8) is 0 Å².